The van der Waals surface area contributed by atoms with Crippen molar-refractivity contribution < 1.29 is 0 Å². The molecular weight excluding hydrogens is 238 g/mol. The summed E-state index contributed by atoms with van der Waals surface area (Å²) in [6, 6.07) is 0. The van der Waals surface area contributed by atoms with Crippen molar-refractivity contribution in [1.82, 2.24) is 19.7 Å². The summed E-state index contributed by atoms with van der Waals surface area (Å²) >= 11 is 0. The molecule has 0 aliphatic heterocycles. The smallest absolute Gasteiger partial charge is 0.140 e. The molecule has 0 radical (unpaired) electrons. The highest BCUT2D eigenvalue weighted by atomic mass is 15.3. The average molecular weight is 265 g/mol. The van der Waals surface area contributed by atoms with E-state index in [-0.39, 0.29) is 5.54 Å². The molecule has 1 aromatic rings. The van der Waals surface area contributed by atoms with Gasteiger partial charge in [0.05, 0.1) is 6.54 Å². The van der Waals surface area contributed by atoms with Crippen molar-refractivity contribution in [2.75, 3.05) is 13.6 Å². The second kappa shape index (κ2) is 6.01. The zero-order valence-electron chi connectivity index (χ0n) is 12.5. The number of likely N-dealkylation sites (N-methyl/N-ethyl adjacent to an activating group) is 1. The summed E-state index contributed by atoms with van der Waals surface area (Å²) in [6.45, 7) is 3.85. The summed E-state index contributed by atoms with van der Waals surface area (Å²) in [5.41, 5.74) is 6.26. The largest absolute Gasteiger partial charge is 0.329 e. The standard InChI is InChI=1S/C14H27N5/c1-4-12-5-7-14(10-15,8-6-12)18(2)9-13-16-11-17-19(13)3/h11-12H,4-10,15H2,1-3H3. The van der Waals surface area contributed by atoms with Gasteiger partial charge in [-0.25, -0.2) is 4.98 Å². The summed E-state index contributed by atoms with van der Waals surface area (Å²) < 4.78 is 1.85. The highest BCUT2D eigenvalue weighted by Gasteiger charge is 2.37. The van der Waals surface area contributed by atoms with Crippen LogP contribution in [0.2, 0.25) is 0 Å². The number of nitrogens with zero attached hydrogens (tertiary/aromatic N) is 4. The highest BCUT2D eigenvalue weighted by molar-refractivity contribution is 4.97. The SMILES string of the molecule is CCC1CCC(CN)(N(C)Cc2ncnn2C)CC1. The van der Waals surface area contributed by atoms with Gasteiger partial charge in [0, 0.05) is 19.1 Å². The summed E-state index contributed by atoms with van der Waals surface area (Å²) in [5, 5.41) is 4.14. The lowest BCUT2D eigenvalue weighted by Crippen LogP contribution is -2.53. The number of aryl methyl sites for hydroxylation is 1. The van der Waals surface area contributed by atoms with E-state index in [0.29, 0.717) is 0 Å². The third-order valence-corrected chi connectivity index (χ3v) is 4.99. The molecular formula is C14H27N5. The van der Waals surface area contributed by atoms with Gasteiger partial charge in [-0.15, -0.1) is 0 Å². The van der Waals surface area contributed by atoms with E-state index in [1.807, 2.05) is 11.7 Å². The van der Waals surface area contributed by atoms with Crippen LogP contribution in [-0.2, 0) is 13.6 Å². The zero-order chi connectivity index (χ0) is 13.9. The van der Waals surface area contributed by atoms with Crippen LogP contribution in [-0.4, -0.2) is 38.8 Å². The summed E-state index contributed by atoms with van der Waals surface area (Å²) in [4.78, 5) is 6.71. The van der Waals surface area contributed by atoms with Crippen molar-refractivity contribution in [2.24, 2.45) is 18.7 Å². The molecule has 5 heteroatoms. The molecule has 1 aromatic heterocycles. The molecule has 2 rings (SSSR count). The molecule has 19 heavy (non-hydrogen) atoms. The summed E-state index contributed by atoms with van der Waals surface area (Å²) in [7, 11) is 4.12. The van der Waals surface area contributed by atoms with Crippen molar-refractivity contribution >= 4 is 0 Å². The van der Waals surface area contributed by atoms with Gasteiger partial charge < -0.3 is 5.73 Å². The minimum Gasteiger partial charge on any atom is -0.329 e. The summed E-state index contributed by atoms with van der Waals surface area (Å²) in [6.07, 6.45) is 7.93. The van der Waals surface area contributed by atoms with Crippen LogP contribution < -0.4 is 5.73 Å². The van der Waals surface area contributed by atoms with E-state index < -0.39 is 0 Å². The van der Waals surface area contributed by atoms with Crippen molar-refractivity contribution in [1.29, 1.82) is 0 Å². The Kier molecular flexibility index (Phi) is 4.58. The molecule has 0 atom stereocenters. The third kappa shape index (κ3) is 2.98. The Morgan fingerprint density at radius 1 is 1.47 bits per heavy atom. The van der Waals surface area contributed by atoms with Crippen LogP contribution in [0.15, 0.2) is 6.33 Å². The van der Waals surface area contributed by atoms with E-state index in [0.717, 1.165) is 24.8 Å². The number of aromatic nitrogens is 3. The van der Waals surface area contributed by atoms with E-state index in [1.54, 1.807) is 6.33 Å². The first-order valence-corrected chi connectivity index (χ1v) is 7.35. The average Bonchev–Trinajstić information content (AvgIpc) is 2.84. The number of hydrogen-bond donors (Lipinski definition) is 1. The second-order valence-corrected chi connectivity index (χ2v) is 5.94. The first-order valence-electron chi connectivity index (χ1n) is 7.35. The van der Waals surface area contributed by atoms with Gasteiger partial charge in [0.1, 0.15) is 12.2 Å². The van der Waals surface area contributed by atoms with Gasteiger partial charge in [-0.05, 0) is 38.6 Å². The monoisotopic (exact) mass is 265 g/mol. The van der Waals surface area contributed by atoms with Gasteiger partial charge >= 0.3 is 0 Å². The van der Waals surface area contributed by atoms with Crippen LogP contribution in [0.1, 0.15) is 44.9 Å². The molecule has 0 unspecified atom stereocenters. The van der Waals surface area contributed by atoms with Crippen molar-refractivity contribution in [3.63, 3.8) is 0 Å². The number of rotatable bonds is 5. The topological polar surface area (TPSA) is 60.0 Å². The molecule has 1 saturated carbocycles. The van der Waals surface area contributed by atoms with Gasteiger partial charge in [0.15, 0.2) is 0 Å². The van der Waals surface area contributed by atoms with E-state index in [4.69, 9.17) is 5.73 Å². The molecule has 1 aliphatic rings. The van der Waals surface area contributed by atoms with Gasteiger partial charge in [-0.2, -0.15) is 5.10 Å². The van der Waals surface area contributed by atoms with Crippen molar-refractivity contribution in [3.05, 3.63) is 12.2 Å². The lowest BCUT2D eigenvalue weighted by atomic mass is 9.74. The fourth-order valence-electron chi connectivity index (χ4n) is 3.21. The van der Waals surface area contributed by atoms with Gasteiger partial charge in [-0.3, -0.25) is 9.58 Å². The Labute approximate surface area is 116 Å². The van der Waals surface area contributed by atoms with Gasteiger partial charge in [0.25, 0.3) is 0 Å². The fourth-order valence-corrected chi connectivity index (χ4v) is 3.21. The predicted molar refractivity (Wildman–Crippen MR) is 76.5 cm³/mol. The Morgan fingerprint density at radius 2 is 2.16 bits per heavy atom. The quantitative estimate of drug-likeness (QED) is 0.877. The van der Waals surface area contributed by atoms with E-state index in [1.165, 1.54) is 32.1 Å². The van der Waals surface area contributed by atoms with E-state index in [9.17, 15) is 0 Å². The third-order valence-electron chi connectivity index (χ3n) is 4.99. The molecule has 108 valence electrons. The molecule has 0 amide bonds. The van der Waals surface area contributed by atoms with Crippen LogP contribution in [0.4, 0.5) is 0 Å². The first kappa shape index (κ1) is 14.5. The Balaban J connectivity index is 2.03. The van der Waals surface area contributed by atoms with Crippen molar-refractivity contribution in [2.45, 2.75) is 51.1 Å². The Hall–Kier alpha value is -0.940. The number of nitrogens with two attached hydrogens (primary N) is 1. The van der Waals surface area contributed by atoms with Crippen LogP contribution in [0.25, 0.3) is 0 Å². The zero-order valence-corrected chi connectivity index (χ0v) is 12.5. The van der Waals surface area contributed by atoms with Crippen LogP contribution in [0.5, 0.6) is 0 Å². The maximum absolute atomic E-state index is 6.11. The predicted octanol–water partition coefficient (Wildman–Crippen LogP) is 1.54. The highest BCUT2D eigenvalue weighted by Crippen LogP contribution is 2.37. The molecule has 1 aliphatic carbocycles. The van der Waals surface area contributed by atoms with Gasteiger partial charge in [0.2, 0.25) is 0 Å². The second-order valence-electron chi connectivity index (χ2n) is 5.94. The molecule has 0 spiro atoms. The molecule has 5 nitrogen and oxygen atoms in total. The maximum Gasteiger partial charge on any atom is 0.140 e. The maximum atomic E-state index is 6.11. The molecule has 0 bridgehead atoms. The fraction of sp³-hybridized carbons (Fsp3) is 0.857. The Morgan fingerprint density at radius 3 is 2.63 bits per heavy atom. The lowest BCUT2D eigenvalue weighted by Gasteiger charge is -2.45. The molecule has 2 N–H and O–H groups in total. The van der Waals surface area contributed by atoms with Crippen LogP contribution in [0.3, 0.4) is 0 Å². The lowest BCUT2D eigenvalue weighted by molar-refractivity contribution is 0.0551. The molecule has 0 saturated heterocycles. The normalized spacial score (nSPS) is 27.9. The minimum absolute atomic E-state index is 0.150. The van der Waals surface area contributed by atoms with Crippen LogP contribution in [0, 0.1) is 5.92 Å². The minimum atomic E-state index is 0.150. The van der Waals surface area contributed by atoms with Crippen molar-refractivity contribution in [3.8, 4) is 0 Å². The number of hydrogen-bond acceptors (Lipinski definition) is 4. The first-order chi connectivity index (χ1) is 9.11. The van der Waals surface area contributed by atoms with E-state index in [2.05, 4.69) is 29.0 Å². The molecule has 0 aromatic carbocycles. The Bertz CT molecular complexity index is 392. The van der Waals surface area contributed by atoms with E-state index >= 15 is 0 Å². The summed E-state index contributed by atoms with van der Waals surface area (Å²) in [5.74, 6) is 1.90. The van der Waals surface area contributed by atoms with Crippen LogP contribution >= 0.6 is 0 Å². The molecule has 1 fully saturated rings. The molecule has 1 heterocycles. The van der Waals surface area contributed by atoms with Gasteiger partial charge in [-0.1, -0.05) is 13.3 Å².